The lowest BCUT2D eigenvalue weighted by molar-refractivity contribution is 0.0988. The summed E-state index contributed by atoms with van der Waals surface area (Å²) < 4.78 is 5.25. The molecule has 0 aliphatic heterocycles. The molecule has 1 rings (SSSR count). The molecule has 0 spiro atoms. The zero-order valence-corrected chi connectivity index (χ0v) is 8.20. The second-order valence-corrected chi connectivity index (χ2v) is 2.74. The zero-order chi connectivity index (χ0) is 9.84. The molecule has 13 heavy (non-hydrogen) atoms. The third kappa shape index (κ3) is 2.08. The number of rotatable bonds is 4. The van der Waals surface area contributed by atoms with Gasteiger partial charge in [0.15, 0.2) is 11.5 Å². The SMILES string of the molecule is CCN(CC)c1ncc(C(C)=O)o1. The first-order valence-electron chi connectivity index (χ1n) is 4.40. The van der Waals surface area contributed by atoms with Gasteiger partial charge < -0.3 is 9.32 Å². The molecule has 1 heterocycles. The van der Waals surface area contributed by atoms with Gasteiger partial charge in [0, 0.05) is 20.0 Å². The molecular weight excluding hydrogens is 168 g/mol. The summed E-state index contributed by atoms with van der Waals surface area (Å²) in [6, 6.07) is 0.523. The van der Waals surface area contributed by atoms with Gasteiger partial charge in [0.1, 0.15) is 0 Å². The summed E-state index contributed by atoms with van der Waals surface area (Å²) in [5.74, 6) is 0.229. The Labute approximate surface area is 77.6 Å². The monoisotopic (exact) mass is 182 g/mol. The van der Waals surface area contributed by atoms with E-state index in [4.69, 9.17) is 4.42 Å². The van der Waals surface area contributed by atoms with Gasteiger partial charge in [-0.05, 0) is 13.8 Å². The van der Waals surface area contributed by atoms with Gasteiger partial charge in [-0.15, -0.1) is 0 Å². The molecule has 0 bridgehead atoms. The number of oxazole rings is 1. The average molecular weight is 182 g/mol. The van der Waals surface area contributed by atoms with E-state index < -0.39 is 0 Å². The van der Waals surface area contributed by atoms with Crippen LogP contribution in [0, 0.1) is 0 Å². The number of ketones is 1. The van der Waals surface area contributed by atoms with Crippen molar-refractivity contribution in [2.45, 2.75) is 20.8 Å². The van der Waals surface area contributed by atoms with E-state index in [0.717, 1.165) is 13.1 Å². The largest absolute Gasteiger partial charge is 0.420 e. The molecule has 1 aromatic heterocycles. The van der Waals surface area contributed by atoms with Crippen LogP contribution in [0.3, 0.4) is 0 Å². The fraction of sp³-hybridized carbons (Fsp3) is 0.556. The van der Waals surface area contributed by atoms with Gasteiger partial charge in [-0.3, -0.25) is 4.79 Å². The molecule has 4 heteroatoms. The van der Waals surface area contributed by atoms with Crippen molar-refractivity contribution in [3.8, 4) is 0 Å². The molecule has 72 valence electrons. The Bertz CT molecular complexity index is 290. The summed E-state index contributed by atoms with van der Waals surface area (Å²) in [7, 11) is 0. The predicted octanol–water partition coefficient (Wildman–Crippen LogP) is 1.72. The second-order valence-electron chi connectivity index (χ2n) is 2.74. The third-order valence-electron chi connectivity index (χ3n) is 1.87. The molecule has 0 radical (unpaired) electrons. The van der Waals surface area contributed by atoms with Crippen LogP contribution < -0.4 is 4.90 Å². The Morgan fingerprint density at radius 2 is 2.15 bits per heavy atom. The normalized spacial score (nSPS) is 10.1. The van der Waals surface area contributed by atoms with Crippen LogP contribution in [0.25, 0.3) is 0 Å². The highest BCUT2D eigenvalue weighted by Gasteiger charge is 2.11. The molecular formula is C9H14N2O2. The fourth-order valence-electron chi connectivity index (χ4n) is 1.07. The molecule has 0 atom stereocenters. The zero-order valence-electron chi connectivity index (χ0n) is 8.20. The van der Waals surface area contributed by atoms with Gasteiger partial charge in [0.2, 0.25) is 0 Å². The Balaban J connectivity index is 2.84. The van der Waals surface area contributed by atoms with Crippen molar-refractivity contribution in [3.63, 3.8) is 0 Å². The number of carbonyl (C=O) groups excluding carboxylic acids is 1. The summed E-state index contributed by atoms with van der Waals surface area (Å²) in [4.78, 5) is 16.9. The molecule has 0 saturated heterocycles. The van der Waals surface area contributed by atoms with Crippen molar-refractivity contribution < 1.29 is 9.21 Å². The predicted molar refractivity (Wildman–Crippen MR) is 50.1 cm³/mol. The number of carbonyl (C=O) groups is 1. The van der Waals surface area contributed by atoms with Gasteiger partial charge in [0.05, 0.1) is 6.20 Å². The lowest BCUT2D eigenvalue weighted by Crippen LogP contribution is -2.21. The van der Waals surface area contributed by atoms with E-state index in [2.05, 4.69) is 4.98 Å². The highest BCUT2D eigenvalue weighted by atomic mass is 16.4. The maximum atomic E-state index is 10.9. The smallest absolute Gasteiger partial charge is 0.297 e. The van der Waals surface area contributed by atoms with E-state index in [1.54, 1.807) is 0 Å². The molecule has 0 aromatic carbocycles. The minimum absolute atomic E-state index is 0.0918. The number of hydrogen-bond acceptors (Lipinski definition) is 4. The first kappa shape index (κ1) is 9.77. The van der Waals surface area contributed by atoms with Crippen LogP contribution in [0.2, 0.25) is 0 Å². The van der Waals surface area contributed by atoms with Crippen LogP contribution in [0.1, 0.15) is 31.3 Å². The van der Waals surface area contributed by atoms with Gasteiger partial charge in [-0.25, -0.2) is 4.98 Å². The van der Waals surface area contributed by atoms with Crippen LogP contribution in [0.4, 0.5) is 6.01 Å². The fourth-order valence-corrected chi connectivity index (χ4v) is 1.07. The molecule has 1 aromatic rings. The minimum atomic E-state index is -0.0918. The van der Waals surface area contributed by atoms with Crippen molar-refractivity contribution in [2.24, 2.45) is 0 Å². The molecule has 0 fully saturated rings. The van der Waals surface area contributed by atoms with Crippen LogP contribution >= 0.6 is 0 Å². The van der Waals surface area contributed by atoms with E-state index in [1.807, 2.05) is 18.7 Å². The van der Waals surface area contributed by atoms with E-state index >= 15 is 0 Å². The van der Waals surface area contributed by atoms with Crippen molar-refractivity contribution in [3.05, 3.63) is 12.0 Å². The number of Topliss-reactive ketones (excluding diaryl/α,β-unsaturated/α-hetero) is 1. The third-order valence-corrected chi connectivity index (χ3v) is 1.87. The van der Waals surface area contributed by atoms with Crippen molar-refractivity contribution in [1.29, 1.82) is 0 Å². The van der Waals surface area contributed by atoms with E-state index in [-0.39, 0.29) is 5.78 Å². The summed E-state index contributed by atoms with van der Waals surface area (Å²) in [5, 5.41) is 0. The quantitative estimate of drug-likeness (QED) is 0.665. The summed E-state index contributed by atoms with van der Waals surface area (Å²) >= 11 is 0. The molecule has 0 aliphatic carbocycles. The Hall–Kier alpha value is -1.32. The van der Waals surface area contributed by atoms with Gasteiger partial charge in [-0.1, -0.05) is 0 Å². The Morgan fingerprint density at radius 3 is 2.54 bits per heavy atom. The molecule has 0 unspecified atom stereocenters. The summed E-state index contributed by atoms with van der Waals surface area (Å²) in [6.45, 7) is 7.15. The number of anilines is 1. The number of aromatic nitrogens is 1. The maximum Gasteiger partial charge on any atom is 0.297 e. The van der Waals surface area contributed by atoms with Crippen molar-refractivity contribution in [1.82, 2.24) is 4.98 Å². The number of hydrogen-bond donors (Lipinski definition) is 0. The molecule has 0 saturated carbocycles. The van der Waals surface area contributed by atoms with E-state index in [9.17, 15) is 4.79 Å². The average Bonchev–Trinajstić information content (AvgIpc) is 2.56. The highest BCUT2D eigenvalue weighted by molar-refractivity contribution is 5.91. The lowest BCUT2D eigenvalue weighted by atomic mass is 10.4. The number of nitrogens with zero attached hydrogens (tertiary/aromatic N) is 2. The highest BCUT2D eigenvalue weighted by Crippen LogP contribution is 2.13. The molecule has 4 nitrogen and oxygen atoms in total. The molecule has 0 N–H and O–H groups in total. The van der Waals surface area contributed by atoms with Crippen molar-refractivity contribution in [2.75, 3.05) is 18.0 Å². The first-order valence-corrected chi connectivity index (χ1v) is 4.40. The van der Waals surface area contributed by atoms with Gasteiger partial charge in [0.25, 0.3) is 6.01 Å². The van der Waals surface area contributed by atoms with Crippen LogP contribution in [-0.2, 0) is 0 Å². The Kier molecular flexibility index (Phi) is 3.06. The standard InChI is InChI=1S/C9H14N2O2/c1-4-11(5-2)9-10-6-8(13-9)7(3)12/h6H,4-5H2,1-3H3. The van der Waals surface area contributed by atoms with Crippen LogP contribution in [-0.4, -0.2) is 23.9 Å². The topological polar surface area (TPSA) is 46.3 Å². The Morgan fingerprint density at radius 1 is 1.54 bits per heavy atom. The van der Waals surface area contributed by atoms with Gasteiger partial charge in [-0.2, -0.15) is 0 Å². The first-order chi connectivity index (χ1) is 6.19. The van der Waals surface area contributed by atoms with E-state index in [1.165, 1.54) is 13.1 Å². The van der Waals surface area contributed by atoms with Crippen LogP contribution in [0.5, 0.6) is 0 Å². The van der Waals surface area contributed by atoms with Gasteiger partial charge >= 0.3 is 0 Å². The second kappa shape index (κ2) is 4.07. The van der Waals surface area contributed by atoms with Crippen LogP contribution in [0.15, 0.2) is 10.6 Å². The van der Waals surface area contributed by atoms with E-state index in [0.29, 0.717) is 11.8 Å². The molecule has 0 amide bonds. The molecule has 0 aliphatic rings. The minimum Gasteiger partial charge on any atom is -0.420 e. The maximum absolute atomic E-state index is 10.9. The van der Waals surface area contributed by atoms with Crippen molar-refractivity contribution >= 4 is 11.8 Å². The lowest BCUT2D eigenvalue weighted by Gasteiger charge is -2.14. The summed E-state index contributed by atoms with van der Waals surface area (Å²) in [5.41, 5.74) is 0. The summed E-state index contributed by atoms with van der Waals surface area (Å²) in [6.07, 6.45) is 1.47.